The summed E-state index contributed by atoms with van der Waals surface area (Å²) in [6.07, 6.45) is -7.57. The van der Waals surface area contributed by atoms with Crippen molar-refractivity contribution in [3.05, 3.63) is 63.5 Å². The van der Waals surface area contributed by atoms with Crippen LogP contribution in [0.1, 0.15) is 55.5 Å². The summed E-state index contributed by atoms with van der Waals surface area (Å²) < 4.78 is 79.2. The molecule has 1 atom stereocenters. The molecule has 3 rings (SSSR count). The van der Waals surface area contributed by atoms with Crippen molar-refractivity contribution < 1.29 is 35.9 Å². The molecule has 0 aliphatic heterocycles. The van der Waals surface area contributed by atoms with Gasteiger partial charge in [0.05, 0.1) is 40.8 Å². The Kier molecular flexibility index (Phi) is 8.06. The number of alkyl halides is 6. The second-order valence-corrected chi connectivity index (χ2v) is 9.11. The maximum atomic E-state index is 13.2. The lowest BCUT2D eigenvalue weighted by atomic mass is 10.0. The van der Waals surface area contributed by atoms with Gasteiger partial charge in [0.15, 0.2) is 0 Å². The van der Waals surface area contributed by atoms with Crippen LogP contribution in [0.4, 0.5) is 26.3 Å². The number of nitrogens with zero attached hydrogens (tertiary/aromatic N) is 5. The van der Waals surface area contributed by atoms with Crippen LogP contribution in [0.2, 0.25) is 0 Å². The summed E-state index contributed by atoms with van der Waals surface area (Å²) in [7, 11) is 1.43. The Balaban J connectivity index is 1.95. The second kappa shape index (κ2) is 10.7. The standard InChI is InChI=1S/C23H18F6N6O2S/c1-11-9-31-18(20-32-10-16(38-20)21(37)35(3)5-4-30)17(33-11)12(2)34-19(36)13-6-14(22(24,25)26)8-15(7-13)23(27,28)29/h6-10,12H,5H2,1-3H3,(H,34,36). The van der Waals surface area contributed by atoms with Crippen molar-refractivity contribution in [2.45, 2.75) is 32.2 Å². The maximum Gasteiger partial charge on any atom is 0.416 e. The van der Waals surface area contributed by atoms with Crippen molar-refractivity contribution in [3.8, 4) is 16.8 Å². The fourth-order valence-corrected chi connectivity index (χ4v) is 4.16. The summed E-state index contributed by atoms with van der Waals surface area (Å²) in [5.41, 5.74) is -3.41. The Bertz CT molecular complexity index is 1380. The summed E-state index contributed by atoms with van der Waals surface area (Å²) in [4.78, 5) is 39.3. The number of halogens is 6. The molecule has 0 saturated carbocycles. The summed E-state index contributed by atoms with van der Waals surface area (Å²) in [5.74, 6) is -1.67. The van der Waals surface area contributed by atoms with Gasteiger partial charge in [-0.25, -0.2) is 9.97 Å². The number of carbonyl (C=O) groups excluding carboxylic acids is 2. The minimum Gasteiger partial charge on any atom is -0.344 e. The molecule has 0 fully saturated rings. The summed E-state index contributed by atoms with van der Waals surface area (Å²) >= 11 is 0.933. The predicted octanol–water partition coefficient (Wildman–Crippen LogP) is 5.03. The van der Waals surface area contributed by atoms with Crippen LogP contribution in [0.15, 0.2) is 30.6 Å². The minimum atomic E-state index is -5.11. The van der Waals surface area contributed by atoms with Gasteiger partial charge in [0.25, 0.3) is 11.8 Å². The zero-order valence-corrected chi connectivity index (χ0v) is 20.7. The van der Waals surface area contributed by atoms with Gasteiger partial charge in [-0.3, -0.25) is 14.6 Å². The quantitative estimate of drug-likeness (QED) is 0.337. The van der Waals surface area contributed by atoms with Crippen molar-refractivity contribution >= 4 is 23.2 Å². The van der Waals surface area contributed by atoms with Gasteiger partial charge in [-0.2, -0.15) is 31.6 Å². The first-order valence-electron chi connectivity index (χ1n) is 10.6. The molecule has 1 aromatic carbocycles. The minimum absolute atomic E-state index is 0.0697. The van der Waals surface area contributed by atoms with Gasteiger partial charge in [-0.1, -0.05) is 0 Å². The average Bonchev–Trinajstić information content (AvgIpc) is 3.32. The first-order chi connectivity index (χ1) is 17.6. The van der Waals surface area contributed by atoms with Crippen LogP contribution in [0.3, 0.4) is 0 Å². The molecule has 0 saturated heterocycles. The summed E-state index contributed by atoms with van der Waals surface area (Å²) in [6.45, 7) is 2.85. The van der Waals surface area contributed by atoms with Crippen LogP contribution < -0.4 is 5.32 Å². The molecular weight excluding hydrogens is 538 g/mol. The van der Waals surface area contributed by atoms with E-state index in [9.17, 15) is 35.9 Å². The van der Waals surface area contributed by atoms with Crippen molar-refractivity contribution in [3.63, 3.8) is 0 Å². The maximum absolute atomic E-state index is 13.2. The van der Waals surface area contributed by atoms with Crippen molar-refractivity contribution in [1.82, 2.24) is 25.2 Å². The smallest absolute Gasteiger partial charge is 0.344 e. The zero-order chi connectivity index (χ0) is 28.4. The average molecular weight is 556 g/mol. The number of carbonyl (C=O) groups is 2. The van der Waals surface area contributed by atoms with Crippen LogP contribution in [-0.4, -0.2) is 45.3 Å². The van der Waals surface area contributed by atoms with E-state index >= 15 is 0 Å². The van der Waals surface area contributed by atoms with E-state index < -0.39 is 46.9 Å². The van der Waals surface area contributed by atoms with Crippen molar-refractivity contribution in [2.24, 2.45) is 0 Å². The van der Waals surface area contributed by atoms with Crippen LogP contribution >= 0.6 is 11.3 Å². The Morgan fingerprint density at radius 2 is 1.68 bits per heavy atom. The van der Waals surface area contributed by atoms with E-state index in [1.807, 2.05) is 6.07 Å². The SMILES string of the molecule is Cc1cnc(-c2ncc(C(=O)N(C)CC#N)s2)c(C(C)NC(=O)c2cc(C(F)(F)F)cc(C(F)(F)F)c2)n1. The van der Waals surface area contributed by atoms with Gasteiger partial charge >= 0.3 is 12.4 Å². The molecule has 0 bridgehead atoms. The molecule has 1 unspecified atom stereocenters. The number of amides is 2. The molecule has 0 spiro atoms. The van der Waals surface area contributed by atoms with Crippen LogP contribution in [0.25, 0.3) is 10.7 Å². The fourth-order valence-electron chi connectivity index (χ4n) is 3.25. The van der Waals surface area contributed by atoms with Gasteiger partial charge in [-0.15, -0.1) is 11.3 Å². The molecule has 1 N–H and O–H groups in total. The largest absolute Gasteiger partial charge is 0.416 e. The molecular formula is C23H18F6N6O2S. The van der Waals surface area contributed by atoms with E-state index in [-0.39, 0.29) is 33.9 Å². The number of aryl methyl sites for hydroxylation is 1. The summed E-state index contributed by atoms with van der Waals surface area (Å²) in [6, 6.07) is 1.40. The predicted molar refractivity (Wildman–Crippen MR) is 123 cm³/mol. The third kappa shape index (κ3) is 6.43. The third-order valence-corrected chi connectivity index (χ3v) is 6.09. The van der Waals surface area contributed by atoms with Gasteiger partial charge in [0.1, 0.15) is 22.1 Å². The molecule has 38 heavy (non-hydrogen) atoms. The first kappa shape index (κ1) is 28.5. The fraction of sp³-hybridized carbons (Fsp3) is 0.304. The van der Waals surface area contributed by atoms with Gasteiger partial charge < -0.3 is 10.2 Å². The second-order valence-electron chi connectivity index (χ2n) is 8.08. The number of aromatic nitrogens is 3. The Morgan fingerprint density at radius 1 is 1.08 bits per heavy atom. The lowest BCUT2D eigenvalue weighted by molar-refractivity contribution is -0.143. The Hall–Kier alpha value is -4.06. The lowest BCUT2D eigenvalue weighted by Crippen LogP contribution is -2.29. The molecule has 200 valence electrons. The van der Waals surface area contributed by atoms with E-state index in [1.54, 1.807) is 6.92 Å². The highest BCUT2D eigenvalue weighted by Crippen LogP contribution is 2.36. The van der Waals surface area contributed by atoms with Crippen LogP contribution in [-0.2, 0) is 12.4 Å². The highest BCUT2D eigenvalue weighted by atomic mass is 32.1. The number of nitrogens with one attached hydrogen (secondary N) is 1. The van der Waals surface area contributed by atoms with E-state index in [0.717, 1.165) is 11.3 Å². The molecule has 3 aromatic rings. The van der Waals surface area contributed by atoms with Gasteiger partial charge in [0.2, 0.25) is 0 Å². The van der Waals surface area contributed by atoms with E-state index in [4.69, 9.17) is 5.26 Å². The van der Waals surface area contributed by atoms with Crippen molar-refractivity contribution in [2.75, 3.05) is 13.6 Å². The van der Waals surface area contributed by atoms with Crippen molar-refractivity contribution in [1.29, 1.82) is 5.26 Å². The lowest BCUT2D eigenvalue weighted by Gasteiger charge is -2.18. The number of nitriles is 1. The van der Waals surface area contributed by atoms with E-state index in [1.165, 1.54) is 31.3 Å². The van der Waals surface area contributed by atoms with E-state index in [2.05, 4.69) is 20.3 Å². The number of hydrogen-bond acceptors (Lipinski definition) is 7. The topological polar surface area (TPSA) is 112 Å². The molecule has 2 aromatic heterocycles. The van der Waals surface area contributed by atoms with Crippen LogP contribution in [0, 0.1) is 18.3 Å². The molecule has 0 aliphatic carbocycles. The van der Waals surface area contributed by atoms with Gasteiger partial charge in [-0.05, 0) is 32.0 Å². The Labute approximate surface area is 216 Å². The first-order valence-corrected chi connectivity index (χ1v) is 11.5. The zero-order valence-electron chi connectivity index (χ0n) is 19.9. The molecule has 2 heterocycles. The summed E-state index contributed by atoms with van der Waals surface area (Å²) in [5, 5.41) is 11.4. The number of thiazole rings is 1. The number of benzene rings is 1. The highest BCUT2D eigenvalue weighted by Gasteiger charge is 2.37. The van der Waals surface area contributed by atoms with Gasteiger partial charge in [0, 0.05) is 18.8 Å². The molecule has 2 amide bonds. The third-order valence-electron chi connectivity index (χ3n) is 5.10. The highest BCUT2D eigenvalue weighted by molar-refractivity contribution is 7.16. The Morgan fingerprint density at radius 3 is 2.24 bits per heavy atom. The molecule has 15 heteroatoms. The monoisotopic (exact) mass is 556 g/mol. The normalized spacial score (nSPS) is 12.5. The van der Waals surface area contributed by atoms with Crippen LogP contribution in [0.5, 0.6) is 0 Å². The molecule has 0 aliphatic rings. The number of hydrogen-bond donors (Lipinski definition) is 1. The molecule has 0 radical (unpaired) electrons. The number of rotatable bonds is 6. The molecule has 8 nitrogen and oxygen atoms in total. The van der Waals surface area contributed by atoms with E-state index in [0.29, 0.717) is 17.8 Å².